The van der Waals surface area contributed by atoms with Crippen LogP contribution >= 0.6 is 11.6 Å². The van der Waals surface area contributed by atoms with Gasteiger partial charge in [0.05, 0.1) is 4.90 Å². The van der Waals surface area contributed by atoms with Crippen molar-refractivity contribution in [3.63, 3.8) is 0 Å². The summed E-state index contributed by atoms with van der Waals surface area (Å²) in [5.74, 6) is 0.770. The number of piperidine rings is 2. The number of rotatable bonds is 4. The molecule has 0 bridgehead atoms. The lowest BCUT2D eigenvalue weighted by atomic mass is 9.92. The van der Waals surface area contributed by atoms with Crippen molar-refractivity contribution >= 4 is 27.5 Å². The van der Waals surface area contributed by atoms with E-state index in [1.54, 1.807) is 12.1 Å². The number of nitrogens with zero attached hydrogens (tertiary/aromatic N) is 2. The molecule has 0 saturated carbocycles. The number of carbonyl (C=O) groups is 1. The van der Waals surface area contributed by atoms with Gasteiger partial charge in [-0.25, -0.2) is 8.42 Å². The Morgan fingerprint density at radius 2 is 1.77 bits per heavy atom. The molecule has 1 aromatic carbocycles. The highest BCUT2D eigenvalue weighted by Crippen LogP contribution is 2.28. The summed E-state index contributed by atoms with van der Waals surface area (Å²) >= 11 is 5.85. The number of benzene rings is 1. The monoisotopic (exact) mass is 398 g/mol. The summed E-state index contributed by atoms with van der Waals surface area (Å²) in [5, 5.41) is 0.514. The first-order valence-electron chi connectivity index (χ1n) is 9.46. The van der Waals surface area contributed by atoms with E-state index in [4.69, 9.17) is 11.6 Å². The molecule has 0 N–H and O–H groups in total. The summed E-state index contributed by atoms with van der Waals surface area (Å²) in [6.45, 7) is 4.68. The minimum Gasteiger partial charge on any atom is -0.342 e. The predicted molar refractivity (Wildman–Crippen MR) is 103 cm³/mol. The second kappa shape index (κ2) is 8.28. The average molecular weight is 399 g/mol. The van der Waals surface area contributed by atoms with Crippen LogP contribution in [0.3, 0.4) is 0 Å². The molecule has 3 rings (SSSR count). The van der Waals surface area contributed by atoms with Crippen LogP contribution < -0.4 is 0 Å². The average Bonchev–Trinajstić information content (AvgIpc) is 2.68. The van der Waals surface area contributed by atoms with Gasteiger partial charge in [0.25, 0.3) is 0 Å². The minimum absolute atomic E-state index is 0.0535. The van der Waals surface area contributed by atoms with Gasteiger partial charge < -0.3 is 4.90 Å². The Balaban J connectivity index is 1.60. The first kappa shape index (κ1) is 19.6. The zero-order valence-corrected chi connectivity index (χ0v) is 16.8. The standard InChI is InChI=1S/C19H27ClN2O3S/c1-2-15-4-3-11-21(14-15)19(23)16-9-12-22(13-10-16)26(24,25)18-7-5-17(20)6-8-18/h5-8,15-16H,2-4,9-14H2,1H3. The van der Waals surface area contributed by atoms with Crippen molar-refractivity contribution in [3.8, 4) is 0 Å². The van der Waals surface area contributed by atoms with Crippen LogP contribution in [-0.4, -0.2) is 49.7 Å². The molecule has 0 aliphatic carbocycles. The third-order valence-corrected chi connectivity index (χ3v) is 7.83. The van der Waals surface area contributed by atoms with E-state index >= 15 is 0 Å². The zero-order valence-electron chi connectivity index (χ0n) is 15.2. The Morgan fingerprint density at radius 3 is 2.38 bits per heavy atom. The number of carbonyl (C=O) groups excluding carboxylic acids is 1. The van der Waals surface area contributed by atoms with E-state index in [0.29, 0.717) is 36.9 Å². The highest BCUT2D eigenvalue weighted by atomic mass is 35.5. The normalized spacial score (nSPS) is 23.2. The number of hydrogen-bond acceptors (Lipinski definition) is 3. The Hall–Kier alpha value is -1.11. The number of hydrogen-bond donors (Lipinski definition) is 0. The van der Waals surface area contributed by atoms with Crippen LogP contribution in [0.15, 0.2) is 29.2 Å². The summed E-state index contributed by atoms with van der Waals surface area (Å²) in [6, 6.07) is 6.25. The first-order valence-corrected chi connectivity index (χ1v) is 11.3. The molecule has 144 valence electrons. The molecule has 2 fully saturated rings. The molecule has 7 heteroatoms. The van der Waals surface area contributed by atoms with Crippen LogP contribution in [-0.2, 0) is 14.8 Å². The summed E-state index contributed by atoms with van der Waals surface area (Å²) < 4.78 is 27.0. The summed E-state index contributed by atoms with van der Waals surface area (Å²) in [5.41, 5.74) is 0. The third-order valence-electron chi connectivity index (χ3n) is 5.66. The second-order valence-corrected chi connectivity index (χ2v) is 9.71. The zero-order chi connectivity index (χ0) is 18.7. The fourth-order valence-electron chi connectivity index (χ4n) is 3.96. The van der Waals surface area contributed by atoms with Gasteiger partial charge in [-0.1, -0.05) is 24.9 Å². The van der Waals surface area contributed by atoms with Crippen molar-refractivity contribution in [1.29, 1.82) is 0 Å². The number of sulfonamides is 1. The van der Waals surface area contributed by atoms with Crippen molar-refractivity contribution in [2.24, 2.45) is 11.8 Å². The van der Waals surface area contributed by atoms with Crippen molar-refractivity contribution in [3.05, 3.63) is 29.3 Å². The quantitative estimate of drug-likeness (QED) is 0.781. The molecule has 2 aliphatic heterocycles. The van der Waals surface area contributed by atoms with Crippen LogP contribution in [0.2, 0.25) is 5.02 Å². The van der Waals surface area contributed by atoms with Crippen molar-refractivity contribution in [1.82, 2.24) is 9.21 Å². The molecular formula is C19H27ClN2O3S. The van der Waals surface area contributed by atoms with E-state index in [0.717, 1.165) is 25.9 Å². The van der Waals surface area contributed by atoms with Crippen LogP contribution in [0.4, 0.5) is 0 Å². The fraction of sp³-hybridized carbons (Fsp3) is 0.632. The molecule has 0 radical (unpaired) electrons. The molecule has 0 aromatic heterocycles. The first-order chi connectivity index (χ1) is 12.4. The topological polar surface area (TPSA) is 57.7 Å². The van der Waals surface area contributed by atoms with Crippen LogP contribution in [0.5, 0.6) is 0 Å². The summed E-state index contributed by atoms with van der Waals surface area (Å²) in [7, 11) is -3.52. The molecule has 2 heterocycles. The third kappa shape index (κ3) is 4.24. The summed E-state index contributed by atoms with van der Waals surface area (Å²) in [4.78, 5) is 15.1. The molecule has 1 aromatic rings. The van der Waals surface area contributed by atoms with E-state index in [1.807, 2.05) is 4.90 Å². The van der Waals surface area contributed by atoms with Crippen LogP contribution in [0, 0.1) is 11.8 Å². The lowest BCUT2D eigenvalue weighted by Gasteiger charge is -2.37. The molecule has 26 heavy (non-hydrogen) atoms. The van der Waals surface area contributed by atoms with E-state index in [1.165, 1.54) is 22.9 Å². The molecule has 1 unspecified atom stereocenters. The summed E-state index contributed by atoms with van der Waals surface area (Å²) in [6.07, 6.45) is 4.59. The van der Waals surface area contributed by atoms with Crippen molar-refractivity contribution in [2.75, 3.05) is 26.2 Å². The predicted octanol–water partition coefficient (Wildman–Crippen LogP) is 3.39. The van der Waals surface area contributed by atoms with Gasteiger partial charge >= 0.3 is 0 Å². The number of amides is 1. The molecular weight excluding hydrogens is 372 g/mol. The van der Waals surface area contributed by atoms with Gasteiger partial charge in [-0.3, -0.25) is 4.79 Å². The van der Waals surface area contributed by atoms with Crippen LogP contribution in [0.1, 0.15) is 39.0 Å². The smallest absolute Gasteiger partial charge is 0.243 e. The second-order valence-electron chi connectivity index (χ2n) is 7.33. The van der Waals surface area contributed by atoms with E-state index in [2.05, 4.69) is 6.92 Å². The molecule has 2 aliphatic rings. The molecule has 1 amide bonds. The maximum Gasteiger partial charge on any atom is 0.243 e. The molecule has 2 saturated heterocycles. The van der Waals surface area contributed by atoms with Gasteiger partial charge in [-0.05, 0) is 55.9 Å². The highest BCUT2D eigenvalue weighted by Gasteiger charge is 2.34. The lowest BCUT2D eigenvalue weighted by Crippen LogP contribution is -2.47. The minimum atomic E-state index is -3.52. The largest absolute Gasteiger partial charge is 0.342 e. The Morgan fingerprint density at radius 1 is 1.12 bits per heavy atom. The maximum atomic E-state index is 12.8. The number of likely N-dealkylation sites (tertiary alicyclic amines) is 1. The highest BCUT2D eigenvalue weighted by molar-refractivity contribution is 7.89. The van der Waals surface area contributed by atoms with Crippen molar-refractivity contribution in [2.45, 2.75) is 43.9 Å². The molecule has 0 spiro atoms. The van der Waals surface area contributed by atoms with Gasteiger partial charge in [0.15, 0.2) is 0 Å². The number of halogens is 1. The Kier molecular flexibility index (Phi) is 6.25. The Labute approximate surface area is 161 Å². The van der Waals surface area contributed by atoms with Gasteiger partial charge in [-0.2, -0.15) is 4.31 Å². The van der Waals surface area contributed by atoms with E-state index in [-0.39, 0.29) is 16.7 Å². The van der Waals surface area contributed by atoms with E-state index in [9.17, 15) is 13.2 Å². The molecule has 1 atom stereocenters. The maximum absolute atomic E-state index is 12.8. The van der Waals surface area contributed by atoms with Gasteiger partial charge in [0.2, 0.25) is 15.9 Å². The van der Waals surface area contributed by atoms with E-state index < -0.39 is 10.0 Å². The Bertz CT molecular complexity index is 728. The van der Waals surface area contributed by atoms with Gasteiger partial charge in [0.1, 0.15) is 0 Å². The van der Waals surface area contributed by atoms with Crippen LogP contribution in [0.25, 0.3) is 0 Å². The van der Waals surface area contributed by atoms with Gasteiger partial charge in [-0.15, -0.1) is 0 Å². The SMILES string of the molecule is CCC1CCCN(C(=O)C2CCN(S(=O)(=O)c3ccc(Cl)cc3)CC2)C1. The van der Waals surface area contributed by atoms with Gasteiger partial charge in [0, 0.05) is 37.1 Å². The molecule has 5 nitrogen and oxygen atoms in total. The van der Waals surface area contributed by atoms with Crippen molar-refractivity contribution < 1.29 is 13.2 Å². The lowest BCUT2D eigenvalue weighted by molar-refractivity contribution is -0.138. The fourth-order valence-corrected chi connectivity index (χ4v) is 5.55.